The molecule has 1 saturated heterocycles. The largest absolute Gasteiger partial charge is 0.463 e. The summed E-state index contributed by atoms with van der Waals surface area (Å²) in [7, 11) is -3.66. The summed E-state index contributed by atoms with van der Waals surface area (Å²) in [5.41, 5.74) is 2.55. The number of rotatable bonds is 5. The minimum absolute atomic E-state index is 0.175. The smallest absolute Gasteiger partial charge is 0.330 e. The molecule has 0 aromatic heterocycles. The van der Waals surface area contributed by atoms with Crippen molar-refractivity contribution >= 4 is 16.0 Å². The lowest BCUT2D eigenvalue weighted by molar-refractivity contribution is -0.137. The molecular weight excluding hydrogens is 350 g/mol. The maximum Gasteiger partial charge on any atom is 0.330 e. The molecule has 0 saturated carbocycles. The van der Waals surface area contributed by atoms with E-state index in [1.165, 1.54) is 10.4 Å². The average molecular weight is 371 g/mol. The predicted octanol–water partition coefficient (Wildman–Crippen LogP) is 3.23. The predicted molar refractivity (Wildman–Crippen MR) is 99.0 cm³/mol. The van der Waals surface area contributed by atoms with Crippen LogP contribution in [0, 0.1) is 6.92 Å². The first kappa shape index (κ1) is 18.4. The summed E-state index contributed by atoms with van der Waals surface area (Å²) in [6, 6.07) is 15.6. The molecule has 2 aromatic rings. The molecular formula is C20H21NO4S. The van der Waals surface area contributed by atoms with Crippen LogP contribution in [0.1, 0.15) is 24.1 Å². The van der Waals surface area contributed by atoms with Gasteiger partial charge >= 0.3 is 5.97 Å². The number of sulfonamides is 1. The van der Waals surface area contributed by atoms with Gasteiger partial charge in [0.25, 0.3) is 0 Å². The maximum absolute atomic E-state index is 13.0. The number of hydrogen-bond acceptors (Lipinski definition) is 4. The van der Waals surface area contributed by atoms with Crippen LogP contribution < -0.4 is 0 Å². The van der Waals surface area contributed by atoms with E-state index in [-0.39, 0.29) is 18.0 Å². The van der Waals surface area contributed by atoms with E-state index in [0.29, 0.717) is 0 Å². The van der Waals surface area contributed by atoms with Crippen molar-refractivity contribution in [2.24, 2.45) is 0 Å². The zero-order valence-corrected chi connectivity index (χ0v) is 15.6. The lowest BCUT2D eigenvalue weighted by Gasteiger charge is -2.42. The zero-order valence-electron chi connectivity index (χ0n) is 14.8. The van der Waals surface area contributed by atoms with Crippen LogP contribution in [0.25, 0.3) is 0 Å². The van der Waals surface area contributed by atoms with Crippen molar-refractivity contribution in [1.82, 2.24) is 4.31 Å². The SMILES string of the molecule is CCOC(=O)/C=C1/CN(S(=O)(=O)c2ccc(C)cc2)[C@H]1c1ccccc1. The van der Waals surface area contributed by atoms with Crippen LogP contribution in [0.2, 0.25) is 0 Å². The molecule has 136 valence electrons. The van der Waals surface area contributed by atoms with E-state index in [0.717, 1.165) is 16.7 Å². The second-order valence-corrected chi connectivity index (χ2v) is 8.04. The summed E-state index contributed by atoms with van der Waals surface area (Å²) < 4.78 is 32.5. The van der Waals surface area contributed by atoms with Crippen LogP contribution in [0.5, 0.6) is 0 Å². The Kier molecular flexibility index (Phi) is 5.25. The third-order valence-corrected chi connectivity index (χ3v) is 6.14. The van der Waals surface area contributed by atoms with Gasteiger partial charge in [0.2, 0.25) is 10.0 Å². The fourth-order valence-electron chi connectivity index (χ4n) is 2.98. The Bertz CT molecular complexity index is 918. The summed E-state index contributed by atoms with van der Waals surface area (Å²) >= 11 is 0. The lowest BCUT2D eigenvalue weighted by Crippen LogP contribution is -2.47. The number of benzene rings is 2. The molecule has 1 aliphatic heterocycles. The van der Waals surface area contributed by atoms with Crippen molar-refractivity contribution < 1.29 is 17.9 Å². The molecule has 1 aliphatic rings. The molecule has 3 rings (SSSR count). The molecule has 5 nitrogen and oxygen atoms in total. The Hall–Kier alpha value is -2.44. The van der Waals surface area contributed by atoms with E-state index < -0.39 is 22.0 Å². The van der Waals surface area contributed by atoms with Gasteiger partial charge in [-0.25, -0.2) is 13.2 Å². The standard InChI is InChI=1S/C20H21NO4S/c1-3-25-19(22)13-17-14-21(20(17)16-7-5-4-6-8-16)26(23,24)18-11-9-15(2)10-12-18/h4-13,20H,3,14H2,1-2H3/b17-13-/t20-/m0/s1. The van der Waals surface area contributed by atoms with E-state index in [4.69, 9.17) is 4.74 Å². The number of esters is 1. The summed E-state index contributed by atoms with van der Waals surface area (Å²) in [6.07, 6.45) is 1.41. The van der Waals surface area contributed by atoms with Gasteiger partial charge in [0.1, 0.15) is 0 Å². The normalized spacial score (nSPS) is 19.2. The molecule has 26 heavy (non-hydrogen) atoms. The Morgan fingerprint density at radius 1 is 1.15 bits per heavy atom. The molecule has 0 unspecified atom stereocenters. The second kappa shape index (κ2) is 7.43. The van der Waals surface area contributed by atoms with Crippen LogP contribution in [0.4, 0.5) is 0 Å². The van der Waals surface area contributed by atoms with Crippen molar-refractivity contribution in [1.29, 1.82) is 0 Å². The topological polar surface area (TPSA) is 63.7 Å². The molecule has 0 amide bonds. The summed E-state index contributed by atoms with van der Waals surface area (Å²) in [5.74, 6) is -0.448. The molecule has 0 bridgehead atoms. The van der Waals surface area contributed by atoms with E-state index >= 15 is 0 Å². The van der Waals surface area contributed by atoms with Crippen LogP contribution in [-0.2, 0) is 19.6 Å². The molecule has 0 radical (unpaired) electrons. The highest BCUT2D eigenvalue weighted by molar-refractivity contribution is 7.89. The van der Waals surface area contributed by atoms with E-state index in [9.17, 15) is 13.2 Å². The van der Waals surface area contributed by atoms with Gasteiger partial charge in [-0.2, -0.15) is 4.31 Å². The van der Waals surface area contributed by atoms with Crippen molar-refractivity contribution in [3.63, 3.8) is 0 Å². The number of nitrogens with zero attached hydrogens (tertiary/aromatic N) is 1. The Balaban J connectivity index is 1.97. The van der Waals surface area contributed by atoms with Crippen LogP contribution >= 0.6 is 0 Å². The van der Waals surface area contributed by atoms with E-state index in [2.05, 4.69) is 0 Å². The van der Waals surface area contributed by atoms with Gasteiger partial charge in [-0.05, 0) is 37.1 Å². The highest BCUT2D eigenvalue weighted by Gasteiger charge is 2.43. The highest BCUT2D eigenvalue weighted by Crippen LogP contribution is 2.42. The fraction of sp³-hybridized carbons (Fsp3) is 0.250. The Morgan fingerprint density at radius 3 is 2.42 bits per heavy atom. The molecule has 6 heteroatoms. The molecule has 0 aliphatic carbocycles. The van der Waals surface area contributed by atoms with E-state index in [1.54, 1.807) is 31.2 Å². The van der Waals surface area contributed by atoms with Crippen molar-refractivity contribution in [3.05, 3.63) is 77.4 Å². The van der Waals surface area contributed by atoms with Gasteiger partial charge < -0.3 is 4.74 Å². The first-order valence-electron chi connectivity index (χ1n) is 8.44. The van der Waals surface area contributed by atoms with Gasteiger partial charge in [-0.1, -0.05) is 48.0 Å². The molecule has 0 N–H and O–H groups in total. The monoisotopic (exact) mass is 371 g/mol. The quantitative estimate of drug-likeness (QED) is 0.598. The Morgan fingerprint density at radius 2 is 1.81 bits per heavy atom. The summed E-state index contributed by atoms with van der Waals surface area (Å²) in [6.45, 7) is 4.10. The summed E-state index contributed by atoms with van der Waals surface area (Å²) in [5, 5.41) is 0. The highest BCUT2D eigenvalue weighted by atomic mass is 32.2. The van der Waals surface area contributed by atoms with Gasteiger partial charge in [0, 0.05) is 12.6 Å². The molecule has 1 fully saturated rings. The van der Waals surface area contributed by atoms with Gasteiger partial charge in [-0.3, -0.25) is 0 Å². The van der Waals surface area contributed by atoms with Crippen LogP contribution in [-0.4, -0.2) is 31.8 Å². The van der Waals surface area contributed by atoms with Gasteiger partial charge in [0.15, 0.2) is 0 Å². The first-order valence-corrected chi connectivity index (χ1v) is 9.88. The van der Waals surface area contributed by atoms with Crippen molar-refractivity contribution in [2.75, 3.05) is 13.2 Å². The minimum atomic E-state index is -3.66. The number of aryl methyl sites for hydroxylation is 1. The fourth-order valence-corrected chi connectivity index (χ4v) is 4.58. The Labute approximate surface area is 154 Å². The summed E-state index contributed by atoms with van der Waals surface area (Å²) in [4.78, 5) is 12.1. The van der Waals surface area contributed by atoms with Gasteiger partial charge in [-0.15, -0.1) is 0 Å². The second-order valence-electron chi connectivity index (χ2n) is 6.15. The number of ether oxygens (including phenoxy) is 1. The van der Waals surface area contributed by atoms with Crippen LogP contribution in [0.15, 0.2) is 71.1 Å². The van der Waals surface area contributed by atoms with E-state index in [1.807, 2.05) is 37.3 Å². The third kappa shape index (κ3) is 3.57. The third-order valence-electron chi connectivity index (χ3n) is 4.31. The molecule has 1 heterocycles. The van der Waals surface area contributed by atoms with Crippen molar-refractivity contribution in [2.45, 2.75) is 24.8 Å². The molecule has 1 atom stereocenters. The average Bonchev–Trinajstić information content (AvgIpc) is 2.59. The lowest BCUT2D eigenvalue weighted by atomic mass is 9.91. The van der Waals surface area contributed by atoms with Crippen LogP contribution in [0.3, 0.4) is 0 Å². The van der Waals surface area contributed by atoms with Gasteiger partial charge in [0.05, 0.1) is 17.5 Å². The zero-order chi connectivity index (χ0) is 18.7. The minimum Gasteiger partial charge on any atom is -0.463 e. The molecule has 2 aromatic carbocycles. The first-order chi connectivity index (χ1) is 12.4. The van der Waals surface area contributed by atoms with Crippen molar-refractivity contribution in [3.8, 4) is 0 Å². The maximum atomic E-state index is 13.0. The molecule has 0 spiro atoms. The number of carbonyl (C=O) groups is 1. The number of hydrogen-bond donors (Lipinski definition) is 0. The number of carbonyl (C=O) groups excluding carboxylic acids is 1.